The molecule has 2 aromatic heterocycles. The Kier molecular flexibility index (Phi) is 3.37. The van der Waals surface area contributed by atoms with Crippen LogP contribution in [0.15, 0.2) is 47.3 Å². The summed E-state index contributed by atoms with van der Waals surface area (Å²) in [4.78, 5) is 18.4. The summed E-state index contributed by atoms with van der Waals surface area (Å²) in [5.41, 5.74) is 1.60. The number of carbonyl (C=O) groups excluding carboxylic acids is 1. The standard InChI is InChI=1S/C17H16FN3O2/c18-12-3-4-14-15(10-12)21(11-19-14)13-5-7-20(8-6-13)17(22)16-2-1-9-23-16/h1-4,9-11,13H,5-8H2. The molecule has 1 saturated heterocycles. The summed E-state index contributed by atoms with van der Waals surface area (Å²) in [6.07, 6.45) is 4.90. The molecule has 1 amide bonds. The lowest BCUT2D eigenvalue weighted by Crippen LogP contribution is -2.38. The van der Waals surface area contributed by atoms with Crippen LogP contribution in [0.4, 0.5) is 4.39 Å². The second-order valence-electron chi connectivity index (χ2n) is 5.79. The van der Waals surface area contributed by atoms with Crippen LogP contribution < -0.4 is 0 Å². The van der Waals surface area contributed by atoms with E-state index in [9.17, 15) is 9.18 Å². The molecule has 1 aliphatic rings. The Morgan fingerprint density at radius 2 is 2.09 bits per heavy atom. The fraction of sp³-hybridized carbons (Fsp3) is 0.294. The van der Waals surface area contributed by atoms with Gasteiger partial charge in [-0.2, -0.15) is 0 Å². The number of rotatable bonds is 2. The molecule has 0 unspecified atom stereocenters. The second kappa shape index (κ2) is 5.53. The molecule has 5 nitrogen and oxygen atoms in total. The van der Waals surface area contributed by atoms with Crippen molar-refractivity contribution in [3.63, 3.8) is 0 Å². The van der Waals surface area contributed by atoms with Crippen LogP contribution >= 0.6 is 0 Å². The number of carbonyl (C=O) groups is 1. The van der Waals surface area contributed by atoms with E-state index in [1.165, 1.54) is 18.4 Å². The number of piperidine rings is 1. The lowest BCUT2D eigenvalue weighted by molar-refractivity contribution is 0.0664. The van der Waals surface area contributed by atoms with Gasteiger partial charge >= 0.3 is 0 Å². The molecular weight excluding hydrogens is 297 g/mol. The number of amides is 1. The minimum atomic E-state index is -0.260. The van der Waals surface area contributed by atoms with E-state index < -0.39 is 0 Å². The van der Waals surface area contributed by atoms with Crippen LogP contribution in [0.3, 0.4) is 0 Å². The van der Waals surface area contributed by atoms with Crippen LogP contribution in [0, 0.1) is 5.82 Å². The minimum absolute atomic E-state index is 0.0741. The fourth-order valence-corrected chi connectivity index (χ4v) is 3.19. The maximum Gasteiger partial charge on any atom is 0.289 e. The van der Waals surface area contributed by atoms with Gasteiger partial charge in [0.05, 0.1) is 23.6 Å². The number of aromatic nitrogens is 2. The number of fused-ring (bicyclic) bond motifs is 1. The van der Waals surface area contributed by atoms with Crippen molar-refractivity contribution in [2.45, 2.75) is 18.9 Å². The Hall–Kier alpha value is -2.63. The zero-order valence-electron chi connectivity index (χ0n) is 12.5. The van der Waals surface area contributed by atoms with E-state index in [1.807, 2.05) is 4.57 Å². The van der Waals surface area contributed by atoms with Crippen molar-refractivity contribution in [3.8, 4) is 0 Å². The minimum Gasteiger partial charge on any atom is -0.459 e. The van der Waals surface area contributed by atoms with Crippen LogP contribution in [0.1, 0.15) is 29.4 Å². The molecule has 1 aromatic carbocycles. The van der Waals surface area contributed by atoms with Gasteiger partial charge in [-0.1, -0.05) is 0 Å². The molecular formula is C17H16FN3O2. The average Bonchev–Trinajstić information content (AvgIpc) is 3.24. The molecule has 1 fully saturated rings. The molecule has 0 atom stereocenters. The first-order valence-electron chi connectivity index (χ1n) is 7.67. The van der Waals surface area contributed by atoms with Crippen LogP contribution in [0.5, 0.6) is 0 Å². The summed E-state index contributed by atoms with van der Waals surface area (Å²) in [6, 6.07) is 8.25. The molecule has 23 heavy (non-hydrogen) atoms. The number of hydrogen-bond donors (Lipinski definition) is 0. The van der Waals surface area contributed by atoms with E-state index in [-0.39, 0.29) is 17.8 Å². The number of nitrogens with zero attached hydrogens (tertiary/aromatic N) is 3. The van der Waals surface area contributed by atoms with Crippen LogP contribution in [-0.2, 0) is 0 Å². The van der Waals surface area contributed by atoms with Gasteiger partial charge < -0.3 is 13.9 Å². The zero-order chi connectivity index (χ0) is 15.8. The van der Waals surface area contributed by atoms with Crippen molar-refractivity contribution in [3.05, 3.63) is 54.5 Å². The van der Waals surface area contributed by atoms with E-state index >= 15 is 0 Å². The third-order valence-corrected chi connectivity index (χ3v) is 4.41. The van der Waals surface area contributed by atoms with Crippen LogP contribution in [0.25, 0.3) is 11.0 Å². The van der Waals surface area contributed by atoms with Gasteiger partial charge in [-0.3, -0.25) is 4.79 Å². The third-order valence-electron chi connectivity index (χ3n) is 4.41. The molecule has 118 valence electrons. The Morgan fingerprint density at radius 1 is 1.26 bits per heavy atom. The molecule has 0 bridgehead atoms. The summed E-state index contributed by atoms with van der Waals surface area (Å²) >= 11 is 0. The highest BCUT2D eigenvalue weighted by Gasteiger charge is 2.26. The molecule has 3 heterocycles. The van der Waals surface area contributed by atoms with Crippen molar-refractivity contribution in [2.24, 2.45) is 0 Å². The van der Waals surface area contributed by atoms with Crippen molar-refractivity contribution < 1.29 is 13.6 Å². The molecule has 0 saturated carbocycles. The number of hydrogen-bond acceptors (Lipinski definition) is 3. The van der Waals surface area contributed by atoms with Gasteiger partial charge in [0, 0.05) is 19.1 Å². The fourth-order valence-electron chi connectivity index (χ4n) is 3.19. The predicted octanol–water partition coefficient (Wildman–Crippen LogP) is 3.25. The molecule has 0 radical (unpaired) electrons. The van der Waals surface area contributed by atoms with Gasteiger partial charge in [0.25, 0.3) is 5.91 Å². The third kappa shape index (κ3) is 2.50. The molecule has 6 heteroatoms. The highest BCUT2D eigenvalue weighted by atomic mass is 19.1. The Morgan fingerprint density at radius 3 is 2.83 bits per heavy atom. The number of benzene rings is 1. The maximum absolute atomic E-state index is 13.5. The highest BCUT2D eigenvalue weighted by Crippen LogP contribution is 2.27. The first-order chi connectivity index (χ1) is 11.2. The van der Waals surface area contributed by atoms with E-state index in [2.05, 4.69) is 4.98 Å². The molecule has 3 aromatic rings. The van der Waals surface area contributed by atoms with Gasteiger partial charge in [-0.15, -0.1) is 0 Å². The van der Waals surface area contributed by atoms with Crippen LogP contribution in [0.2, 0.25) is 0 Å². The average molecular weight is 313 g/mol. The predicted molar refractivity (Wildman–Crippen MR) is 82.6 cm³/mol. The quantitative estimate of drug-likeness (QED) is 0.730. The summed E-state index contributed by atoms with van der Waals surface area (Å²) in [5.74, 6) is 0.0401. The van der Waals surface area contributed by atoms with E-state index in [0.717, 1.165) is 23.9 Å². The monoisotopic (exact) mass is 313 g/mol. The summed E-state index contributed by atoms with van der Waals surface area (Å²) in [7, 11) is 0. The zero-order valence-corrected chi connectivity index (χ0v) is 12.5. The molecule has 0 spiro atoms. The van der Waals surface area contributed by atoms with Crippen molar-refractivity contribution in [1.82, 2.24) is 14.5 Å². The number of furan rings is 1. The lowest BCUT2D eigenvalue weighted by Gasteiger charge is -2.32. The van der Waals surface area contributed by atoms with Crippen LogP contribution in [-0.4, -0.2) is 33.4 Å². The molecule has 0 aliphatic carbocycles. The summed E-state index contributed by atoms with van der Waals surface area (Å²) in [5, 5.41) is 0. The first kappa shape index (κ1) is 14.0. The van der Waals surface area contributed by atoms with Crippen molar-refractivity contribution >= 4 is 16.9 Å². The summed E-state index contributed by atoms with van der Waals surface area (Å²) in [6.45, 7) is 1.30. The first-order valence-corrected chi connectivity index (χ1v) is 7.67. The molecule has 0 N–H and O–H groups in total. The lowest BCUT2D eigenvalue weighted by atomic mass is 10.0. The number of likely N-dealkylation sites (tertiary alicyclic amines) is 1. The van der Waals surface area contributed by atoms with Gasteiger partial charge in [-0.05, 0) is 43.2 Å². The molecule has 4 rings (SSSR count). The van der Waals surface area contributed by atoms with E-state index in [1.54, 1.807) is 29.4 Å². The SMILES string of the molecule is O=C(c1ccco1)N1CCC(n2cnc3ccc(F)cc32)CC1. The normalized spacial score (nSPS) is 16.1. The Labute approximate surface area is 132 Å². The van der Waals surface area contributed by atoms with Crippen molar-refractivity contribution in [1.29, 1.82) is 0 Å². The topological polar surface area (TPSA) is 51.3 Å². The van der Waals surface area contributed by atoms with Gasteiger partial charge in [0.2, 0.25) is 0 Å². The maximum atomic E-state index is 13.5. The summed E-state index contributed by atoms with van der Waals surface area (Å²) < 4.78 is 20.7. The Balaban J connectivity index is 1.51. The largest absolute Gasteiger partial charge is 0.459 e. The smallest absolute Gasteiger partial charge is 0.289 e. The van der Waals surface area contributed by atoms with Gasteiger partial charge in [0.15, 0.2) is 5.76 Å². The highest BCUT2D eigenvalue weighted by molar-refractivity contribution is 5.91. The number of halogens is 1. The van der Waals surface area contributed by atoms with E-state index in [4.69, 9.17) is 4.42 Å². The van der Waals surface area contributed by atoms with Gasteiger partial charge in [0.1, 0.15) is 5.82 Å². The second-order valence-corrected chi connectivity index (χ2v) is 5.79. The van der Waals surface area contributed by atoms with Crippen molar-refractivity contribution in [2.75, 3.05) is 13.1 Å². The molecule has 1 aliphatic heterocycles. The van der Waals surface area contributed by atoms with Gasteiger partial charge in [-0.25, -0.2) is 9.37 Å². The Bertz CT molecular complexity index is 833. The van der Waals surface area contributed by atoms with E-state index in [0.29, 0.717) is 18.8 Å². The number of imidazole rings is 1.